The van der Waals surface area contributed by atoms with Crippen molar-refractivity contribution in [2.24, 2.45) is 0 Å². The molecule has 1 aromatic carbocycles. The van der Waals surface area contributed by atoms with Gasteiger partial charge >= 0.3 is 6.03 Å². The van der Waals surface area contributed by atoms with Crippen LogP contribution in [-0.2, 0) is 0 Å². The van der Waals surface area contributed by atoms with E-state index in [0.717, 1.165) is 25.7 Å². The number of amides is 2. The molecule has 1 N–H and O–H groups in total. The first-order valence-electron chi connectivity index (χ1n) is 7.00. The highest BCUT2D eigenvalue weighted by atomic mass is 16.6. The zero-order chi connectivity index (χ0) is 15.2. The zero-order valence-electron chi connectivity index (χ0n) is 12.0. The molecule has 1 saturated heterocycles. The summed E-state index contributed by atoms with van der Waals surface area (Å²) in [6.07, 6.45) is 4.23. The van der Waals surface area contributed by atoms with Gasteiger partial charge in [-0.25, -0.2) is 4.79 Å². The molecule has 7 heteroatoms. The summed E-state index contributed by atoms with van der Waals surface area (Å²) in [4.78, 5) is 24.3. The number of hydrogen-bond acceptors (Lipinski definition) is 4. The van der Waals surface area contributed by atoms with Gasteiger partial charge in [-0.15, -0.1) is 0 Å². The third kappa shape index (κ3) is 3.84. The summed E-state index contributed by atoms with van der Waals surface area (Å²) in [5.74, 6) is 0.406. The van der Waals surface area contributed by atoms with Crippen molar-refractivity contribution in [3.8, 4) is 5.75 Å². The molecule has 1 fully saturated rings. The van der Waals surface area contributed by atoms with Crippen molar-refractivity contribution in [2.45, 2.75) is 25.7 Å². The first-order valence-corrected chi connectivity index (χ1v) is 7.00. The monoisotopic (exact) mass is 293 g/mol. The number of anilines is 1. The second-order valence-electron chi connectivity index (χ2n) is 4.97. The summed E-state index contributed by atoms with van der Waals surface area (Å²) in [5.41, 5.74) is 0.239. The molecule has 7 nitrogen and oxygen atoms in total. The van der Waals surface area contributed by atoms with E-state index in [1.165, 1.54) is 25.3 Å². The van der Waals surface area contributed by atoms with Crippen molar-refractivity contribution in [1.29, 1.82) is 0 Å². The number of rotatable bonds is 3. The highest BCUT2D eigenvalue weighted by Gasteiger charge is 2.18. The van der Waals surface area contributed by atoms with Crippen LogP contribution in [0.2, 0.25) is 0 Å². The van der Waals surface area contributed by atoms with Crippen LogP contribution in [0.25, 0.3) is 0 Å². The van der Waals surface area contributed by atoms with Crippen molar-refractivity contribution in [1.82, 2.24) is 4.90 Å². The van der Waals surface area contributed by atoms with Gasteiger partial charge in [-0.2, -0.15) is 0 Å². The van der Waals surface area contributed by atoms with Gasteiger partial charge in [0.2, 0.25) is 0 Å². The first kappa shape index (κ1) is 15.1. The number of likely N-dealkylation sites (tertiary alicyclic amines) is 1. The van der Waals surface area contributed by atoms with E-state index in [4.69, 9.17) is 4.74 Å². The lowest BCUT2D eigenvalue weighted by molar-refractivity contribution is -0.384. The zero-order valence-corrected chi connectivity index (χ0v) is 12.0. The Labute approximate surface area is 123 Å². The molecule has 0 bridgehead atoms. The van der Waals surface area contributed by atoms with Gasteiger partial charge in [-0.3, -0.25) is 10.1 Å². The van der Waals surface area contributed by atoms with Crippen LogP contribution in [0, 0.1) is 10.1 Å². The van der Waals surface area contributed by atoms with E-state index in [1.54, 1.807) is 4.90 Å². The van der Waals surface area contributed by atoms with E-state index in [2.05, 4.69) is 5.32 Å². The number of benzene rings is 1. The van der Waals surface area contributed by atoms with Crippen LogP contribution in [-0.4, -0.2) is 36.1 Å². The Morgan fingerprint density at radius 3 is 2.52 bits per heavy atom. The molecule has 1 aromatic rings. The van der Waals surface area contributed by atoms with Crippen molar-refractivity contribution in [3.05, 3.63) is 28.3 Å². The fourth-order valence-electron chi connectivity index (χ4n) is 2.38. The molecule has 2 amide bonds. The van der Waals surface area contributed by atoms with Gasteiger partial charge in [-0.05, 0) is 18.9 Å². The van der Waals surface area contributed by atoms with Gasteiger partial charge in [0.1, 0.15) is 5.75 Å². The van der Waals surface area contributed by atoms with Crippen LogP contribution in [0.4, 0.5) is 16.2 Å². The largest absolute Gasteiger partial charge is 0.495 e. The van der Waals surface area contributed by atoms with Gasteiger partial charge in [0.05, 0.1) is 17.7 Å². The highest BCUT2D eigenvalue weighted by molar-refractivity contribution is 5.91. The number of nitro groups is 1. The van der Waals surface area contributed by atoms with Crippen molar-refractivity contribution < 1.29 is 14.5 Å². The summed E-state index contributed by atoms with van der Waals surface area (Å²) in [6, 6.07) is 3.90. The van der Waals surface area contributed by atoms with Crippen LogP contribution in [0.3, 0.4) is 0 Å². The minimum atomic E-state index is -0.499. The normalized spacial score (nSPS) is 15.2. The van der Waals surface area contributed by atoms with Crippen molar-refractivity contribution >= 4 is 17.4 Å². The highest BCUT2D eigenvalue weighted by Crippen LogP contribution is 2.29. The third-order valence-corrected chi connectivity index (χ3v) is 3.53. The number of ether oxygens (including phenoxy) is 1. The molecule has 0 atom stereocenters. The lowest BCUT2D eigenvalue weighted by atomic mass is 10.2. The van der Waals surface area contributed by atoms with Crippen LogP contribution in [0.1, 0.15) is 25.7 Å². The third-order valence-electron chi connectivity index (χ3n) is 3.53. The first-order chi connectivity index (χ1) is 10.1. The van der Waals surface area contributed by atoms with Crippen LogP contribution < -0.4 is 10.1 Å². The van der Waals surface area contributed by atoms with E-state index in [-0.39, 0.29) is 11.7 Å². The molecule has 1 heterocycles. The van der Waals surface area contributed by atoms with E-state index >= 15 is 0 Å². The summed E-state index contributed by atoms with van der Waals surface area (Å²) < 4.78 is 5.14. The molecule has 0 aromatic heterocycles. The quantitative estimate of drug-likeness (QED) is 0.685. The van der Waals surface area contributed by atoms with Gasteiger partial charge in [0.15, 0.2) is 0 Å². The van der Waals surface area contributed by atoms with Crippen molar-refractivity contribution in [2.75, 3.05) is 25.5 Å². The van der Waals surface area contributed by atoms with Gasteiger partial charge < -0.3 is 15.0 Å². The average molecular weight is 293 g/mol. The summed E-state index contributed by atoms with van der Waals surface area (Å²) in [7, 11) is 1.46. The topological polar surface area (TPSA) is 84.7 Å². The fraction of sp³-hybridized carbons (Fsp3) is 0.500. The van der Waals surface area contributed by atoms with Gasteiger partial charge in [0.25, 0.3) is 5.69 Å². The molecule has 0 unspecified atom stereocenters. The number of carbonyl (C=O) groups is 1. The molecule has 0 aliphatic carbocycles. The number of methoxy groups -OCH3 is 1. The maximum absolute atomic E-state index is 12.3. The van der Waals surface area contributed by atoms with Crippen molar-refractivity contribution in [3.63, 3.8) is 0 Å². The molecule has 0 radical (unpaired) electrons. The van der Waals surface area contributed by atoms with Crippen LogP contribution in [0.5, 0.6) is 5.75 Å². The Bertz CT molecular complexity index is 525. The second-order valence-corrected chi connectivity index (χ2v) is 4.97. The van der Waals surface area contributed by atoms with E-state index in [0.29, 0.717) is 24.5 Å². The van der Waals surface area contributed by atoms with Crippen LogP contribution in [0.15, 0.2) is 18.2 Å². The Balaban J connectivity index is 2.14. The Morgan fingerprint density at radius 1 is 1.29 bits per heavy atom. The average Bonchev–Trinajstić information content (AvgIpc) is 2.76. The molecule has 1 aliphatic rings. The Kier molecular flexibility index (Phi) is 4.97. The maximum atomic E-state index is 12.3. The minimum absolute atomic E-state index is 0.0815. The summed E-state index contributed by atoms with van der Waals surface area (Å²) in [5, 5.41) is 13.5. The number of non-ortho nitro benzene ring substituents is 1. The van der Waals surface area contributed by atoms with Gasteiger partial charge in [-0.1, -0.05) is 12.8 Å². The van der Waals surface area contributed by atoms with E-state index < -0.39 is 4.92 Å². The number of nitro benzene ring substituents is 1. The molecule has 0 saturated carbocycles. The Morgan fingerprint density at radius 2 is 1.95 bits per heavy atom. The molecule has 21 heavy (non-hydrogen) atoms. The van der Waals surface area contributed by atoms with Crippen LogP contribution >= 0.6 is 0 Å². The molecule has 114 valence electrons. The maximum Gasteiger partial charge on any atom is 0.321 e. The predicted molar refractivity (Wildman–Crippen MR) is 78.7 cm³/mol. The Hall–Kier alpha value is -2.31. The smallest absolute Gasteiger partial charge is 0.321 e. The summed E-state index contributed by atoms with van der Waals surface area (Å²) >= 11 is 0. The molecule has 1 aliphatic heterocycles. The predicted octanol–water partition coefficient (Wildman–Crippen LogP) is 3.01. The van der Waals surface area contributed by atoms with Gasteiger partial charge in [0, 0.05) is 25.2 Å². The molecular formula is C14H19N3O4. The standard InChI is InChI=1S/C14H19N3O4/c1-21-13-7-6-11(17(19)20)10-12(13)15-14(18)16-8-4-2-3-5-9-16/h6-7,10H,2-5,8-9H2,1H3,(H,15,18). The fourth-order valence-corrected chi connectivity index (χ4v) is 2.38. The van der Waals surface area contributed by atoms with E-state index in [9.17, 15) is 14.9 Å². The number of nitrogens with zero attached hydrogens (tertiary/aromatic N) is 2. The molecule has 2 rings (SSSR count). The number of urea groups is 1. The number of nitrogens with one attached hydrogen (secondary N) is 1. The molecular weight excluding hydrogens is 274 g/mol. The minimum Gasteiger partial charge on any atom is -0.495 e. The van der Waals surface area contributed by atoms with E-state index in [1.807, 2.05) is 0 Å². The lowest BCUT2D eigenvalue weighted by Gasteiger charge is -2.21. The molecule has 0 spiro atoms. The summed E-state index contributed by atoms with van der Waals surface area (Å²) in [6.45, 7) is 1.42. The number of hydrogen-bond donors (Lipinski definition) is 1. The second kappa shape index (κ2) is 6.92. The number of carbonyl (C=O) groups excluding carboxylic acids is 1. The lowest BCUT2D eigenvalue weighted by Crippen LogP contribution is -2.35. The SMILES string of the molecule is COc1ccc([N+](=O)[O-])cc1NC(=O)N1CCCCCC1.